The van der Waals surface area contributed by atoms with Crippen LogP contribution in [0.5, 0.6) is 0 Å². The van der Waals surface area contributed by atoms with Crippen molar-refractivity contribution in [3.63, 3.8) is 0 Å². The van der Waals surface area contributed by atoms with Gasteiger partial charge >= 0.3 is 0 Å². The lowest BCUT2D eigenvalue weighted by Crippen LogP contribution is -2.29. The Morgan fingerprint density at radius 3 is 2.52 bits per heavy atom. The molecule has 5 rings (SSSR count). The first-order valence-electron chi connectivity index (χ1n) is 9.72. The molecule has 6 heteroatoms. The molecule has 2 aliphatic rings. The molecule has 1 aromatic carbocycles. The summed E-state index contributed by atoms with van der Waals surface area (Å²) in [5.41, 5.74) is 4.22. The highest BCUT2D eigenvalue weighted by Gasteiger charge is 2.40. The second-order valence-corrected chi connectivity index (χ2v) is 7.95. The van der Waals surface area contributed by atoms with Crippen LogP contribution in [0.3, 0.4) is 0 Å². The van der Waals surface area contributed by atoms with Gasteiger partial charge in [0.2, 0.25) is 5.95 Å². The third kappa shape index (κ3) is 2.94. The van der Waals surface area contributed by atoms with Crippen LogP contribution in [0.1, 0.15) is 5.56 Å². The SMILES string of the molecule is CNc1cnc2nc(N3C[C@H]4CN(C)C[C@H]4C3)n(Cc3ccccc3)c2c1. The van der Waals surface area contributed by atoms with Gasteiger partial charge in [-0.15, -0.1) is 0 Å². The number of aromatic nitrogens is 3. The van der Waals surface area contributed by atoms with E-state index in [0.717, 1.165) is 54.3 Å². The summed E-state index contributed by atoms with van der Waals surface area (Å²) in [7, 11) is 4.16. The van der Waals surface area contributed by atoms with Crippen molar-refractivity contribution in [1.82, 2.24) is 19.4 Å². The van der Waals surface area contributed by atoms with E-state index in [9.17, 15) is 0 Å². The van der Waals surface area contributed by atoms with Gasteiger partial charge in [0.25, 0.3) is 0 Å². The summed E-state index contributed by atoms with van der Waals surface area (Å²) < 4.78 is 2.34. The van der Waals surface area contributed by atoms with E-state index in [1.165, 1.54) is 18.7 Å². The number of hydrogen-bond acceptors (Lipinski definition) is 5. The standard InChI is InChI=1S/C21H26N6/c1-22-18-8-19-20(23-9-18)24-21(27(19)10-15-6-4-3-5-7-15)26-13-16-11-25(2)12-17(16)14-26/h3-9,16-17,22H,10-14H2,1-2H3/t16-,17+. The fraction of sp³-hybridized carbons (Fsp3) is 0.429. The summed E-state index contributed by atoms with van der Waals surface area (Å²) in [6.07, 6.45) is 1.86. The Hall–Kier alpha value is -2.60. The summed E-state index contributed by atoms with van der Waals surface area (Å²) in [5, 5.41) is 3.20. The van der Waals surface area contributed by atoms with Crippen LogP contribution in [0.15, 0.2) is 42.6 Å². The third-order valence-corrected chi connectivity index (χ3v) is 6.01. The van der Waals surface area contributed by atoms with Gasteiger partial charge in [-0.3, -0.25) is 0 Å². The molecule has 4 heterocycles. The second kappa shape index (κ2) is 6.53. The van der Waals surface area contributed by atoms with Gasteiger partial charge in [-0.1, -0.05) is 30.3 Å². The van der Waals surface area contributed by atoms with E-state index in [-0.39, 0.29) is 0 Å². The summed E-state index contributed by atoms with van der Waals surface area (Å²) in [6.45, 7) is 5.38. The highest BCUT2D eigenvalue weighted by atomic mass is 15.3. The van der Waals surface area contributed by atoms with Crippen molar-refractivity contribution in [2.24, 2.45) is 11.8 Å². The molecule has 6 nitrogen and oxygen atoms in total. The van der Waals surface area contributed by atoms with E-state index >= 15 is 0 Å². The minimum atomic E-state index is 0.751. The molecule has 2 saturated heterocycles. The zero-order valence-corrected chi connectivity index (χ0v) is 16.0. The molecule has 2 atom stereocenters. The van der Waals surface area contributed by atoms with Crippen LogP contribution in [0, 0.1) is 11.8 Å². The Kier molecular flexibility index (Phi) is 4.01. The van der Waals surface area contributed by atoms with Crippen molar-refractivity contribution >= 4 is 22.8 Å². The van der Waals surface area contributed by atoms with Crippen LogP contribution in [-0.4, -0.2) is 59.7 Å². The Morgan fingerprint density at radius 2 is 1.81 bits per heavy atom. The molecule has 1 N–H and O–H groups in total. The molecule has 140 valence electrons. The monoisotopic (exact) mass is 362 g/mol. The lowest BCUT2D eigenvalue weighted by atomic mass is 10.0. The van der Waals surface area contributed by atoms with Gasteiger partial charge in [-0.25, -0.2) is 4.98 Å². The van der Waals surface area contributed by atoms with Gasteiger partial charge in [0, 0.05) is 33.2 Å². The van der Waals surface area contributed by atoms with Crippen molar-refractivity contribution in [3.8, 4) is 0 Å². The van der Waals surface area contributed by atoms with Crippen molar-refractivity contribution in [2.45, 2.75) is 6.54 Å². The minimum Gasteiger partial charge on any atom is -0.387 e. The number of benzene rings is 1. The smallest absolute Gasteiger partial charge is 0.208 e. The van der Waals surface area contributed by atoms with Gasteiger partial charge in [-0.2, -0.15) is 4.98 Å². The molecule has 0 unspecified atom stereocenters. The molecular formula is C21H26N6. The molecule has 0 spiro atoms. The minimum absolute atomic E-state index is 0.751. The first kappa shape index (κ1) is 16.6. The quantitative estimate of drug-likeness (QED) is 0.773. The third-order valence-electron chi connectivity index (χ3n) is 6.01. The predicted molar refractivity (Wildman–Crippen MR) is 109 cm³/mol. The second-order valence-electron chi connectivity index (χ2n) is 7.95. The highest BCUT2D eigenvalue weighted by molar-refractivity contribution is 5.78. The maximum Gasteiger partial charge on any atom is 0.208 e. The number of hydrogen-bond donors (Lipinski definition) is 1. The number of likely N-dealkylation sites (tertiary alicyclic amines) is 1. The Labute approximate surface area is 159 Å². The van der Waals surface area contributed by atoms with Gasteiger partial charge < -0.3 is 19.7 Å². The zero-order chi connectivity index (χ0) is 18.4. The van der Waals surface area contributed by atoms with Crippen molar-refractivity contribution in [2.75, 3.05) is 50.5 Å². The molecule has 3 aromatic rings. The number of anilines is 2. The Bertz CT molecular complexity index is 936. The van der Waals surface area contributed by atoms with Gasteiger partial charge in [0.1, 0.15) is 0 Å². The number of fused-ring (bicyclic) bond motifs is 2. The molecule has 0 radical (unpaired) electrons. The summed E-state index contributed by atoms with van der Waals surface area (Å²) in [5.74, 6) is 2.56. The average molecular weight is 362 g/mol. The van der Waals surface area contributed by atoms with Crippen LogP contribution in [0.4, 0.5) is 11.6 Å². The van der Waals surface area contributed by atoms with Crippen LogP contribution in [0.25, 0.3) is 11.2 Å². The van der Waals surface area contributed by atoms with Crippen LogP contribution >= 0.6 is 0 Å². The Balaban J connectivity index is 1.56. The molecule has 0 bridgehead atoms. The number of nitrogens with one attached hydrogen (secondary N) is 1. The van der Waals surface area contributed by atoms with Crippen molar-refractivity contribution < 1.29 is 0 Å². The number of pyridine rings is 1. The molecule has 2 fully saturated rings. The molecule has 27 heavy (non-hydrogen) atoms. The maximum absolute atomic E-state index is 4.95. The van der Waals surface area contributed by atoms with E-state index in [0.29, 0.717) is 0 Å². The largest absolute Gasteiger partial charge is 0.387 e. The maximum atomic E-state index is 4.95. The summed E-state index contributed by atoms with van der Waals surface area (Å²) in [6, 6.07) is 12.8. The molecule has 2 aromatic heterocycles. The van der Waals surface area contributed by atoms with E-state index in [1.54, 1.807) is 0 Å². The van der Waals surface area contributed by atoms with Crippen LogP contribution in [-0.2, 0) is 6.54 Å². The lowest BCUT2D eigenvalue weighted by molar-refractivity contribution is 0.386. The lowest BCUT2D eigenvalue weighted by Gasteiger charge is -2.21. The van der Waals surface area contributed by atoms with E-state index in [2.05, 4.69) is 68.1 Å². The Morgan fingerprint density at radius 1 is 1.07 bits per heavy atom. The topological polar surface area (TPSA) is 49.2 Å². The summed E-state index contributed by atoms with van der Waals surface area (Å²) >= 11 is 0. The fourth-order valence-corrected chi connectivity index (χ4v) is 4.68. The van der Waals surface area contributed by atoms with Gasteiger partial charge in [0.05, 0.1) is 23.9 Å². The fourth-order valence-electron chi connectivity index (χ4n) is 4.68. The average Bonchev–Trinajstić information content (AvgIpc) is 3.33. The molecular weight excluding hydrogens is 336 g/mol. The molecule has 0 aliphatic carbocycles. The normalized spacial score (nSPS) is 22.5. The van der Waals surface area contributed by atoms with Gasteiger partial charge in [-0.05, 0) is 30.5 Å². The molecule has 0 amide bonds. The van der Waals surface area contributed by atoms with Crippen molar-refractivity contribution in [3.05, 3.63) is 48.2 Å². The van der Waals surface area contributed by atoms with Crippen LogP contribution < -0.4 is 10.2 Å². The zero-order valence-electron chi connectivity index (χ0n) is 16.0. The molecule has 0 saturated carbocycles. The first-order chi connectivity index (χ1) is 13.2. The number of imidazole rings is 1. The highest BCUT2D eigenvalue weighted by Crippen LogP contribution is 2.34. The van der Waals surface area contributed by atoms with E-state index in [1.807, 2.05) is 13.2 Å². The van der Waals surface area contributed by atoms with Crippen LogP contribution in [0.2, 0.25) is 0 Å². The predicted octanol–water partition coefficient (Wildman–Crippen LogP) is 2.52. The van der Waals surface area contributed by atoms with E-state index in [4.69, 9.17) is 4.98 Å². The number of nitrogens with zero attached hydrogens (tertiary/aromatic N) is 5. The van der Waals surface area contributed by atoms with Gasteiger partial charge in [0.15, 0.2) is 5.65 Å². The first-order valence-corrected chi connectivity index (χ1v) is 9.72. The van der Waals surface area contributed by atoms with E-state index < -0.39 is 0 Å². The number of rotatable bonds is 4. The van der Waals surface area contributed by atoms with Crippen molar-refractivity contribution in [1.29, 1.82) is 0 Å². The summed E-state index contributed by atoms with van der Waals surface area (Å²) in [4.78, 5) is 14.5. The molecule has 2 aliphatic heterocycles.